The lowest BCUT2D eigenvalue weighted by atomic mass is 10.2. The van der Waals surface area contributed by atoms with E-state index in [9.17, 15) is 13.5 Å². The zero-order chi connectivity index (χ0) is 21.1. The van der Waals surface area contributed by atoms with E-state index < -0.39 is 22.4 Å². The molecule has 2 rings (SSSR count). The van der Waals surface area contributed by atoms with Crippen LogP contribution in [-0.4, -0.2) is 58.4 Å². The Hall–Kier alpha value is -1.35. The van der Waals surface area contributed by atoms with Gasteiger partial charge in [0.25, 0.3) is 0 Å². The maximum atomic E-state index is 12.3. The van der Waals surface area contributed by atoms with Gasteiger partial charge in [-0.3, -0.25) is 0 Å². The Morgan fingerprint density at radius 3 is 2.62 bits per heavy atom. The summed E-state index contributed by atoms with van der Waals surface area (Å²) < 4.78 is 37.2. The van der Waals surface area contributed by atoms with Crippen LogP contribution in [0.3, 0.4) is 0 Å². The SMILES string of the molecule is CCCCCCNCC(O)COc1ccc(N(C2CCCCO2)S(C)(=O)=O)cc1. The highest BCUT2D eigenvalue weighted by molar-refractivity contribution is 7.92. The van der Waals surface area contributed by atoms with E-state index >= 15 is 0 Å². The van der Waals surface area contributed by atoms with Crippen LogP contribution in [-0.2, 0) is 14.8 Å². The molecule has 0 amide bonds. The largest absolute Gasteiger partial charge is 0.491 e. The number of nitrogens with zero attached hydrogens (tertiary/aromatic N) is 1. The highest BCUT2D eigenvalue weighted by Gasteiger charge is 2.29. The van der Waals surface area contributed by atoms with Gasteiger partial charge in [0.2, 0.25) is 10.0 Å². The van der Waals surface area contributed by atoms with E-state index in [4.69, 9.17) is 9.47 Å². The number of nitrogens with one attached hydrogen (secondary N) is 1. The van der Waals surface area contributed by atoms with Crippen LogP contribution in [0.25, 0.3) is 0 Å². The first-order chi connectivity index (χ1) is 13.9. The maximum absolute atomic E-state index is 12.3. The number of anilines is 1. The lowest BCUT2D eigenvalue weighted by Crippen LogP contribution is -2.43. The Labute approximate surface area is 175 Å². The minimum Gasteiger partial charge on any atom is -0.491 e. The summed E-state index contributed by atoms with van der Waals surface area (Å²) in [6, 6.07) is 6.88. The lowest BCUT2D eigenvalue weighted by molar-refractivity contribution is 0.0242. The van der Waals surface area contributed by atoms with Crippen molar-refractivity contribution in [2.45, 2.75) is 64.2 Å². The van der Waals surface area contributed by atoms with Crippen molar-refractivity contribution >= 4 is 15.7 Å². The molecule has 1 heterocycles. The molecule has 2 unspecified atom stereocenters. The van der Waals surface area contributed by atoms with Gasteiger partial charge in [0, 0.05) is 13.2 Å². The summed E-state index contributed by atoms with van der Waals surface area (Å²) in [5, 5.41) is 13.3. The van der Waals surface area contributed by atoms with Crippen molar-refractivity contribution in [3.8, 4) is 5.75 Å². The van der Waals surface area contributed by atoms with E-state index in [-0.39, 0.29) is 6.61 Å². The zero-order valence-electron chi connectivity index (χ0n) is 17.7. The Morgan fingerprint density at radius 2 is 2.00 bits per heavy atom. The van der Waals surface area contributed by atoms with Crippen molar-refractivity contribution in [1.29, 1.82) is 0 Å². The number of sulfonamides is 1. The first-order valence-corrected chi connectivity index (χ1v) is 12.5. The zero-order valence-corrected chi connectivity index (χ0v) is 18.5. The van der Waals surface area contributed by atoms with Gasteiger partial charge in [-0.05, 0) is 56.5 Å². The van der Waals surface area contributed by atoms with Gasteiger partial charge in [0.05, 0.1) is 11.9 Å². The van der Waals surface area contributed by atoms with E-state index in [1.807, 2.05) is 0 Å². The number of hydrogen-bond donors (Lipinski definition) is 2. The minimum absolute atomic E-state index is 0.183. The molecule has 0 spiro atoms. The quantitative estimate of drug-likeness (QED) is 0.470. The normalized spacial score (nSPS) is 18.4. The van der Waals surface area contributed by atoms with E-state index in [2.05, 4.69) is 12.2 Å². The first kappa shape index (κ1) is 23.9. The number of aliphatic hydroxyl groups excluding tert-OH is 1. The highest BCUT2D eigenvalue weighted by atomic mass is 32.2. The molecule has 0 saturated carbocycles. The topological polar surface area (TPSA) is 88.1 Å². The molecule has 1 aliphatic heterocycles. The summed E-state index contributed by atoms with van der Waals surface area (Å²) in [7, 11) is -3.46. The van der Waals surface area contributed by atoms with Gasteiger partial charge in [0.15, 0.2) is 0 Å². The molecule has 7 nitrogen and oxygen atoms in total. The minimum atomic E-state index is -3.46. The molecule has 166 valence electrons. The molecule has 1 aromatic rings. The molecule has 1 aliphatic rings. The third-order valence-electron chi connectivity index (χ3n) is 4.90. The summed E-state index contributed by atoms with van der Waals surface area (Å²) in [4.78, 5) is 0. The van der Waals surface area contributed by atoms with Crippen LogP contribution < -0.4 is 14.4 Å². The van der Waals surface area contributed by atoms with Crippen molar-refractivity contribution in [1.82, 2.24) is 5.32 Å². The fourth-order valence-electron chi connectivity index (χ4n) is 3.37. The van der Waals surface area contributed by atoms with Gasteiger partial charge in [0.1, 0.15) is 24.7 Å². The fraction of sp³-hybridized carbons (Fsp3) is 0.714. The molecule has 1 fully saturated rings. The van der Waals surface area contributed by atoms with Gasteiger partial charge in [-0.2, -0.15) is 0 Å². The van der Waals surface area contributed by atoms with E-state index in [0.717, 1.165) is 25.8 Å². The van der Waals surface area contributed by atoms with Gasteiger partial charge in [-0.1, -0.05) is 26.2 Å². The smallest absolute Gasteiger partial charge is 0.234 e. The molecule has 8 heteroatoms. The van der Waals surface area contributed by atoms with Crippen molar-refractivity contribution in [3.63, 3.8) is 0 Å². The number of ether oxygens (including phenoxy) is 2. The van der Waals surface area contributed by atoms with Crippen LogP contribution in [0.5, 0.6) is 5.75 Å². The van der Waals surface area contributed by atoms with Gasteiger partial charge >= 0.3 is 0 Å². The van der Waals surface area contributed by atoms with E-state index in [1.165, 1.54) is 29.8 Å². The standard InChI is InChI=1S/C21H36N2O5S/c1-3-4-5-7-14-22-16-19(24)17-28-20-12-10-18(11-13-20)23(29(2,25)26)21-9-6-8-15-27-21/h10-13,19,21-22,24H,3-9,14-17H2,1-2H3. The Kier molecular flexibility index (Phi) is 10.2. The molecular weight excluding hydrogens is 392 g/mol. The third kappa shape index (κ3) is 8.50. The van der Waals surface area contributed by atoms with Crippen molar-refractivity contribution in [3.05, 3.63) is 24.3 Å². The average Bonchev–Trinajstić information content (AvgIpc) is 2.70. The van der Waals surface area contributed by atoms with Crippen LogP contribution in [0, 0.1) is 0 Å². The van der Waals surface area contributed by atoms with Crippen LogP contribution in [0.1, 0.15) is 51.9 Å². The number of aliphatic hydroxyl groups is 1. The molecule has 0 aliphatic carbocycles. The molecule has 0 bridgehead atoms. The predicted molar refractivity (Wildman–Crippen MR) is 116 cm³/mol. The maximum Gasteiger partial charge on any atom is 0.234 e. The number of rotatable bonds is 13. The summed E-state index contributed by atoms with van der Waals surface area (Å²) in [5.74, 6) is 0.591. The second-order valence-electron chi connectivity index (χ2n) is 7.60. The van der Waals surface area contributed by atoms with Gasteiger partial charge < -0.3 is 19.9 Å². The molecule has 2 atom stereocenters. The number of hydrogen-bond acceptors (Lipinski definition) is 6. The molecule has 29 heavy (non-hydrogen) atoms. The first-order valence-electron chi connectivity index (χ1n) is 10.6. The number of unbranched alkanes of at least 4 members (excludes halogenated alkanes) is 3. The predicted octanol–water partition coefficient (Wildman–Crippen LogP) is 2.89. The van der Waals surface area contributed by atoms with Crippen molar-refractivity contribution in [2.75, 3.05) is 36.9 Å². The van der Waals surface area contributed by atoms with Crippen molar-refractivity contribution in [2.24, 2.45) is 0 Å². The average molecular weight is 429 g/mol. The Bertz CT molecular complexity index is 675. The summed E-state index contributed by atoms with van der Waals surface area (Å²) in [5.41, 5.74) is 0.557. The highest BCUT2D eigenvalue weighted by Crippen LogP contribution is 2.28. The second-order valence-corrected chi connectivity index (χ2v) is 9.46. The molecule has 1 aromatic carbocycles. The molecule has 0 aromatic heterocycles. The van der Waals surface area contributed by atoms with Crippen LogP contribution in [0.15, 0.2) is 24.3 Å². The summed E-state index contributed by atoms with van der Waals surface area (Å²) in [6.07, 6.45) is 7.50. The van der Waals surface area contributed by atoms with Crippen LogP contribution in [0.2, 0.25) is 0 Å². The second kappa shape index (κ2) is 12.4. The van der Waals surface area contributed by atoms with Gasteiger partial charge in [-0.25, -0.2) is 12.7 Å². The third-order valence-corrected chi connectivity index (χ3v) is 6.06. The molecule has 0 radical (unpaired) electrons. The van der Waals surface area contributed by atoms with E-state index in [1.54, 1.807) is 24.3 Å². The summed E-state index contributed by atoms with van der Waals surface area (Å²) in [6.45, 7) is 4.33. The van der Waals surface area contributed by atoms with Gasteiger partial charge in [-0.15, -0.1) is 0 Å². The fourth-order valence-corrected chi connectivity index (χ4v) is 4.46. The lowest BCUT2D eigenvalue weighted by Gasteiger charge is -2.33. The van der Waals surface area contributed by atoms with Crippen LogP contribution in [0.4, 0.5) is 5.69 Å². The molecule has 1 saturated heterocycles. The van der Waals surface area contributed by atoms with Crippen molar-refractivity contribution < 1.29 is 23.0 Å². The monoisotopic (exact) mass is 428 g/mol. The Balaban J connectivity index is 1.82. The van der Waals surface area contributed by atoms with Crippen LogP contribution >= 0.6 is 0 Å². The Morgan fingerprint density at radius 1 is 1.24 bits per heavy atom. The number of benzene rings is 1. The molecular formula is C21H36N2O5S. The van der Waals surface area contributed by atoms with E-state index in [0.29, 0.717) is 31.0 Å². The molecule has 2 N–H and O–H groups in total. The summed E-state index contributed by atoms with van der Waals surface area (Å²) >= 11 is 0.